The van der Waals surface area contributed by atoms with Crippen LogP contribution in [0.4, 0.5) is 0 Å². The number of allylic oxidation sites excluding steroid dienone is 2. The molecular formula is C15H25IO2. The van der Waals surface area contributed by atoms with E-state index >= 15 is 0 Å². The van der Waals surface area contributed by atoms with E-state index in [2.05, 4.69) is 41.7 Å². The predicted molar refractivity (Wildman–Crippen MR) is 83.0 cm³/mol. The molecule has 2 aliphatic carbocycles. The quantitative estimate of drug-likeness (QED) is 0.300. The summed E-state index contributed by atoms with van der Waals surface area (Å²) < 4.78 is 12.2. The summed E-state index contributed by atoms with van der Waals surface area (Å²) in [6.45, 7) is 6.89. The number of hydrogen-bond donors (Lipinski definition) is 0. The average molecular weight is 364 g/mol. The first-order valence-electron chi connectivity index (χ1n) is 7.16. The van der Waals surface area contributed by atoms with Gasteiger partial charge in [-0.25, -0.2) is 0 Å². The van der Waals surface area contributed by atoms with E-state index in [1.54, 1.807) is 0 Å². The third kappa shape index (κ3) is 2.93. The molecule has 0 heterocycles. The van der Waals surface area contributed by atoms with Crippen LogP contribution in [-0.2, 0) is 9.47 Å². The molecule has 3 heteroatoms. The van der Waals surface area contributed by atoms with Crippen molar-refractivity contribution in [1.29, 1.82) is 0 Å². The van der Waals surface area contributed by atoms with Gasteiger partial charge in [-0.05, 0) is 52.4 Å². The van der Waals surface area contributed by atoms with Gasteiger partial charge in [0.15, 0.2) is 6.29 Å². The third-order valence-electron chi connectivity index (χ3n) is 4.30. The Hall–Kier alpha value is 0.390. The maximum Gasteiger partial charge on any atom is 0.155 e. The fraction of sp³-hybridized carbons (Fsp3) is 0.867. The highest BCUT2D eigenvalue weighted by Gasteiger charge is 2.58. The van der Waals surface area contributed by atoms with Gasteiger partial charge in [-0.2, -0.15) is 0 Å². The normalized spacial score (nSPS) is 38.4. The monoisotopic (exact) mass is 364 g/mol. The van der Waals surface area contributed by atoms with Crippen molar-refractivity contribution in [3.63, 3.8) is 0 Å². The molecule has 0 bridgehead atoms. The number of hydrogen-bond acceptors (Lipinski definition) is 2. The molecular weight excluding hydrogens is 339 g/mol. The van der Waals surface area contributed by atoms with Gasteiger partial charge < -0.3 is 9.47 Å². The molecule has 104 valence electrons. The van der Waals surface area contributed by atoms with Crippen LogP contribution in [0.1, 0.15) is 52.9 Å². The summed E-state index contributed by atoms with van der Waals surface area (Å²) >= 11 is 2.59. The Kier molecular flexibility index (Phi) is 4.76. The van der Waals surface area contributed by atoms with Crippen LogP contribution in [-0.4, -0.2) is 21.9 Å². The number of ether oxygens (including phenoxy) is 2. The minimum Gasteiger partial charge on any atom is -0.353 e. The minimum atomic E-state index is -0.0674. The molecule has 1 atom stereocenters. The van der Waals surface area contributed by atoms with Crippen LogP contribution in [0.3, 0.4) is 0 Å². The largest absolute Gasteiger partial charge is 0.353 e. The van der Waals surface area contributed by atoms with Crippen LogP contribution >= 0.6 is 22.6 Å². The van der Waals surface area contributed by atoms with Crippen molar-refractivity contribution >= 4 is 22.6 Å². The van der Waals surface area contributed by atoms with Gasteiger partial charge in [0.2, 0.25) is 0 Å². The van der Waals surface area contributed by atoms with Gasteiger partial charge in [-0.1, -0.05) is 41.2 Å². The fourth-order valence-electron chi connectivity index (χ4n) is 3.36. The average Bonchev–Trinajstić information content (AvgIpc) is 2.12. The van der Waals surface area contributed by atoms with E-state index in [-0.39, 0.29) is 11.9 Å². The topological polar surface area (TPSA) is 18.5 Å². The standard InChI is InChI=1S/C15H25IO2/c1-4-9-14(16)10-15(11-14,13-7-6-8-13)18-12(3)17-5-2/h4,9,12-13H,5-8,10-11H2,1-3H3. The molecule has 0 aromatic rings. The maximum atomic E-state index is 6.30. The molecule has 0 spiro atoms. The lowest BCUT2D eigenvalue weighted by molar-refractivity contribution is -0.255. The van der Waals surface area contributed by atoms with Crippen molar-refractivity contribution in [3.8, 4) is 0 Å². The molecule has 0 saturated heterocycles. The van der Waals surface area contributed by atoms with E-state index in [9.17, 15) is 0 Å². The third-order valence-corrected chi connectivity index (χ3v) is 5.43. The smallest absolute Gasteiger partial charge is 0.155 e. The Morgan fingerprint density at radius 3 is 2.50 bits per heavy atom. The Morgan fingerprint density at radius 1 is 1.39 bits per heavy atom. The second kappa shape index (κ2) is 5.80. The molecule has 0 aliphatic heterocycles. The molecule has 2 fully saturated rings. The summed E-state index contributed by atoms with van der Waals surface area (Å²) in [4.78, 5) is 0. The highest BCUT2D eigenvalue weighted by Crippen LogP contribution is 2.59. The zero-order valence-corrected chi connectivity index (χ0v) is 13.9. The summed E-state index contributed by atoms with van der Waals surface area (Å²) in [5.74, 6) is 0.758. The van der Waals surface area contributed by atoms with Crippen LogP contribution in [0.25, 0.3) is 0 Å². The molecule has 0 aromatic heterocycles. The number of rotatable bonds is 6. The Balaban J connectivity index is 1.99. The van der Waals surface area contributed by atoms with E-state index in [0.717, 1.165) is 25.4 Å². The lowest BCUT2D eigenvalue weighted by Crippen LogP contribution is -2.61. The second-order valence-electron chi connectivity index (χ2n) is 5.72. The Bertz CT molecular complexity index is 304. The van der Waals surface area contributed by atoms with E-state index in [1.165, 1.54) is 19.3 Å². The van der Waals surface area contributed by atoms with Crippen LogP contribution in [0.2, 0.25) is 0 Å². The van der Waals surface area contributed by atoms with Gasteiger partial charge in [0, 0.05) is 10.0 Å². The van der Waals surface area contributed by atoms with Crippen molar-refractivity contribution in [2.75, 3.05) is 6.61 Å². The van der Waals surface area contributed by atoms with Crippen molar-refractivity contribution in [1.82, 2.24) is 0 Å². The summed E-state index contributed by atoms with van der Waals surface area (Å²) in [6.07, 6.45) is 10.8. The van der Waals surface area contributed by atoms with E-state index in [1.807, 2.05) is 13.8 Å². The summed E-state index contributed by atoms with van der Waals surface area (Å²) in [5.41, 5.74) is 0.0908. The van der Waals surface area contributed by atoms with Crippen LogP contribution < -0.4 is 0 Å². The first-order chi connectivity index (χ1) is 8.53. The predicted octanol–water partition coefficient (Wildman–Crippen LogP) is 4.47. The van der Waals surface area contributed by atoms with E-state index in [4.69, 9.17) is 9.47 Å². The Morgan fingerprint density at radius 2 is 2.06 bits per heavy atom. The van der Waals surface area contributed by atoms with Crippen LogP contribution in [0.5, 0.6) is 0 Å². The molecule has 18 heavy (non-hydrogen) atoms. The molecule has 2 rings (SSSR count). The lowest BCUT2D eigenvalue weighted by Gasteiger charge is -2.58. The number of alkyl halides is 1. The SMILES string of the molecule is CC=CC1(I)CC(OC(C)OCC)(C2CCC2)C1. The fourth-order valence-corrected chi connectivity index (χ4v) is 5.01. The molecule has 1 unspecified atom stereocenters. The summed E-state index contributed by atoms with van der Waals surface area (Å²) in [5, 5.41) is 0. The molecule has 0 aromatic carbocycles. The second-order valence-corrected chi connectivity index (χ2v) is 7.87. The van der Waals surface area contributed by atoms with Gasteiger partial charge in [0.05, 0.1) is 5.60 Å². The Labute approximate surface area is 125 Å². The van der Waals surface area contributed by atoms with Crippen molar-refractivity contribution in [3.05, 3.63) is 12.2 Å². The minimum absolute atomic E-state index is 0.0674. The zero-order valence-electron chi connectivity index (χ0n) is 11.7. The molecule has 0 radical (unpaired) electrons. The van der Waals surface area contributed by atoms with Gasteiger partial charge in [-0.15, -0.1) is 0 Å². The van der Waals surface area contributed by atoms with Crippen LogP contribution in [0.15, 0.2) is 12.2 Å². The highest BCUT2D eigenvalue weighted by atomic mass is 127. The molecule has 2 saturated carbocycles. The zero-order chi connectivity index (χ0) is 13.2. The highest BCUT2D eigenvalue weighted by molar-refractivity contribution is 14.1. The molecule has 2 aliphatic rings. The summed E-state index contributed by atoms with van der Waals surface area (Å²) in [6, 6.07) is 0. The van der Waals surface area contributed by atoms with E-state index in [0.29, 0.717) is 3.42 Å². The molecule has 0 amide bonds. The van der Waals surface area contributed by atoms with Crippen molar-refractivity contribution in [2.24, 2.45) is 5.92 Å². The van der Waals surface area contributed by atoms with Gasteiger partial charge in [-0.3, -0.25) is 0 Å². The lowest BCUT2D eigenvalue weighted by atomic mass is 9.58. The molecule has 2 nitrogen and oxygen atoms in total. The summed E-state index contributed by atoms with van der Waals surface area (Å²) in [7, 11) is 0. The van der Waals surface area contributed by atoms with Crippen LogP contribution in [0, 0.1) is 5.92 Å². The van der Waals surface area contributed by atoms with Gasteiger partial charge in [0.25, 0.3) is 0 Å². The first-order valence-corrected chi connectivity index (χ1v) is 8.24. The van der Waals surface area contributed by atoms with Crippen molar-refractivity contribution in [2.45, 2.75) is 68.2 Å². The number of halogens is 1. The van der Waals surface area contributed by atoms with Gasteiger partial charge in [0.1, 0.15) is 0 Å². The maximum absolute atomic E-state index is 6.30. The van der Waals surface area contributed by atoms with E-state index < -0.39 is 0 Å². The van der Waals surface area contributed by atoms with Gasteiger partial charge >= 0.3 is 0 Å². The molecule has 0 N–H and O–H groups in total. The van der Waals surface area contributed by atoms with Crippen molar-refractivity contribution < 1.29 is 9.47 Å². The first kappa shape index (κ1) is 14.8.